The zero-order chi connectivity index (χ0) is 13.0. The van der Waals surface area contributed by atoms with Gasteiger partial charge in [0.05, 0.1) is 13.2 Å². The Hall–Kier alpha value is 0.120. The van der Waals surface area contributed by atoms with Crippen molar-refractivity contribution in [3.05, 3.63) is 0 Å². The lowest BCUT2D eigenvalue weighted by atomic mass is 10.1. The molecule has 2 rings (SSSR count). The van der Waals surface area contributed by atoms with Crippen molar-refractivity contribution in [2.24, 2.45) is 0 Å². The second-order valence-electron chi connectivity index (χ2n) is 4.89. The summed E-state index contributed by atoms with van der Waals surface area (Å²) in [5.41, 5.74) is 0. The topological polar surface area (TPSA) is 58.6 Å². The van der Waals surface area contributed by atoms with Crippen LogP contribution in [0.1, 0.15) is 32.1 Å². The summed E-state index contributed by atoms with van der Waals surface area (Å²) in [5.74, 6) is 0. The second-order valence-corrected chi connectivity index (χ2v) is 7.16. The molecule has 2 atom stereocenters. The molecule has 1 heterocycles. The van der Waals surface area contributed by atoms with Gasteiger partial charge in [-0.15, -0.1) is 11.6 Å². The van der Waals surface area contributed by atoms with E-state index in [4.69, 9.17) is 16.3 Å². The van der Waals surface area contributed by atoms with E-state index in [1.54, 1.807) is 0 Å². The lowest BCUT2D eigenvalue weighted by molar-refractivity contribution is 0.0723. The van der Waals surface area contributed by atoms with Gasteiger partial charge in [0, 0.05) is 24.5 Å². The highest BCUT2D eigenvalue weighted by Crippen LogP contribution is 2.23. The lowest BCUT2D eigenvalue weighted by Crippen LogP contribution is -2.51. The molecule has 2 aliphatic rings. The van der Waals surface area contributed by atoms with Crippen LogP contribution in [0.25, 0.3) is 0 Å². The predicted molar refractivity (Wildman–Crippen MR) is 71.0 cm³/mol. The molecule has 2 fully saturated rings. The van der Waals surface area contributed by atoms with Gasteiger partial charge < -0.3 is 4.74 Å². The first-order valence-electron chi connectivity index (χ1n) is 6.59. The monoisotopic (exact) mass is 296 g/mol. The molecule has 1 saturated carbocycles. The van der Waals surface area contributed by atoms with E-state index >= 15 is 0 Å². The zero-order valence-corrected chi connectivity index (χ0v) is 12.0. The van der Waals surface area contributed by atoms with E-state index in [0.717, 1.165) is 32.1 Å². The smallest absolute Gasteiger partial charge is 0.279 e. The summed E-state index contributed by atoms with van der Waals surface area (Å²) in [5, 5.41) is -0.0942. The molecule has 0 aromatic rings. The van der Waals surface area contributed by atoms with E-state index in [9.17, 15) is 8.42 Å². The Morgan fingerprint density at radius 3 is 2.50 bits per heavy atom. The third kappa shape index (κ3) is 3.81. The van der Waals surface area contributed by atoms with Gasteiger partial charge in [-0.3, -0.25) is 0 Å². The normalized spacial score (nSPS) is 32.1. The maximum Gasteiger partial charge on any atom is 0.279 e. The molecule has 0 bridgehead atoms. The Bertz CT molecular complexity index is 357. The predicted octanol–water partition coefficient (Wildman–Crippen LogP) is 1.09. The largest absolute Gasteiger partial charge is 0.379 e. The number of alkyl halides is 1. The average molecular weight is 297 g/mol. The van der Waals surface area contributed by atoms with Gasteiger partial charge in [0.25, 0.3) is 10.2 Å². The van der Waals surface area contributed by atoms with Gasteiger partial charge in [0.15, 0.2) is 0 Å². The fraction of sp³-hybridized carbons (Fsp3) is 1.00. The molecule has 18 heavy (non-hydrogen) atoms. The van der Waals surface area contributed by atoms with E-state index < -0.39 is 10.2 Å². The van der Waals surface area contributed by atoms with Gasteiger partial charge in [-0.1, -0.05) is 19.3 Å². The van der Waals surface area contributed by atoms with E-state index in [2.05, 4.69) is 4.72 Å². The molecule has 1 aliphatic carbocycles. The molecule has 0 aromatic carbocycles. The molecule has 2 unspecified atom stereocenters. The van der Waals surface area contributed by atoms with Crippen LogP contribution in [0.4, 0.5) is 0 Å². The minimum absolute atomic E-state index is 0.0942. The highest BCUT2D eigenvalue weighted by atomic mass is 35.5. The van der Waals surface area contributed by atoms with Crippen LogP contribution < -0.4 is 4.72 Å². The van der Waals surface area contributed by atoms with E-state index in [-0.39, 0.29) is 11.4 Å². The number of rotatable bonds is 3. The summed E-state index contributed by atoms with van der Waals surface area (Å²) in [6, 6.07) is -0.137. The van der Waals surface area contributed by atoms with Crippen LogP contribution in [0, 0.1) is 0 Å². The van der Waals surface area contributed by atoms with Gasteiger partial charge in [0.2, 0.25) is 0 Å². The quantitative estimate of drug-likeness (QED) is 0.626. The minimum Gasteiger partial charge on any atom is -0.379 e. The highest BCUT2D eigenvalue weighted by Gasteiger charge is 2.30. The van der Waals surface area contributed by atoms with Gasteiger partial charge in [-0.2, -0.15) is 17.4 Å². The van der Waals surface area contributed by atoms with Crippen molar-refractivity contribution in [3.63, 3.8) is 0 Å². The van der Waals surface area contributed by atoms with E-state index in [0.29, 0.717) is 26.3 Å². The Balaban J connectivity index is 1.97. The number of nitrogens with zero attached hydrogens (tertiary/aromatic N) is 1. The first-order valence-corrected chi connectivity index (χ1v) is 8.46. The summed E-state index contributed by atoms with van der Waals surface area (Å²) in [7, 11) is -3.41. The highest BCUT2D eigenvalue weighted by molar-refractivity contribution is 7.87. The van der Waals surface area contributed by atoms with Crippen LogP contribution in [-0.2, 0) is 14.9 Å². The summed E-state index contributed by atoms with van der Waals surface area (Å²) in [6.45, 7) is 1.79. The first kappa shape index (κ1) is 14.5. The van der Waals surface area contributed by atoms with Crippen molar-refractivity contribution < 1.29 is 13.2 Å². The number of halogens is 1. The molecular formula is C11H21ClN2O3S. The van der Waals surface area contributed by atoms with Crippen LogP contribution >= 0.6 is 11.6 Å². The number of hydrogen-bond donors (Lipinski definition) is 1. The number of ether oxygens (including phenoxy) is 1. The van der Waals surface area contributed by atoms with Crippen LogP contribution in [0.5, 0.6) is 0 Å². The summed E-state index contributed by atoms with van der Waals surface area (Å²) < 4.78 is 33.8. The van der Waals surface area contributed by atoms with E-state index in [1.807, 2.05) is 0 Å². The first-order chi connectivity index (χ1) is 8.59. The molecule has 1 aliphatic heterocycles. The molecule has 0 aromatic heterocycles. The molecule has 5 nitrogen and oxygen atoms in total. The second kappa shape index (κ2) is 6.52. The van der Waals surface area contributed by atoms with Crippen molar-refractivity contribution in [1.29, 1.82) is 0 Å². The Labute approximate surface area is 114 Å². The molecule has 0 spiro atoms. The van der Waals surface area contributed by atoms with Gasteiger partial charge in [-0.05, 0) is 12.8 Å². The van der Waals surface area contributed by atoms with Gasteiger partial charge in [-0.25, -0.2) is 0 Å². The molecular weight excluding hydrogens is 276 g/mol. The fourth-order valence-corrected chi connectivity index (χ4v) is 4.31. The van der Waals surface area contributed by atoms with Crippen LogP contribution in [-0.4, -0.2) is 50.4 Å². The number of nitrogens with one attached hydrogen (secondary N) is 1. The Kier molecular flexibility index (Phi) is 5.26. The summed E-state index contributed by atoms with van der Waals surface area (Å²) in [6.07, 6.45) is 4.98. The molecule has 106 valence electrons. The Morgan fingerprint density at radius 1 is 1.11 bits per heavy atom. The summed E-state index contributed by atoms with van der Waals surface area (Å²) >= 11 is 6.26. The maximum absolute atomic E-state index is 12.2. The fourth-order valence-electron chi connectivity index (χ4n) is 2.45. The van der Waals surface area contributed by atoms with E-state index in [1.165, 1.54) is 4.31 Å². The molecule has 1 N–H and O–H groups in total. The Morgan fingerprint density at radius 2 is 1.78 bits per heavy atom. The third-order valence-electron chi connectivity index (χ3n) is 3.54. The summed E-state index contributed by atoms with van der Waals surface area (Å²) in [4.78, 5) is 0. The molecule has 1 saturated heterocycles. The third-order valence-corrected chi connectivity index (χ3v) is 5.71. The minimum atomic E-state index is -3.41. The molecule has 0 radical (unpaired) electrons. The van der Waals surface area contributed by atoms with Crippen molar-refractivity contribution in [2.75, 3.05) is 26.3 Å². The number of morpholine rings is 1. The molecule has 0 amide bonds. The van der Waals surface area contributed by atoms with Crippen LogP contribution in [0.2, 0.25) is 0 Å². The van der Waals surface area contributed by atoms with Gasteiger partial charge in [0.1, 0.15) is 0 Å². The van der Waals surface area contributed by atoms with Crippen molar-refractivity contribution in [3.8, 4) is 0 Å². The van der Waals surface area contributed by atoms with Crippen molar-refractivity contribution in [2.45, 2.75) is 43.5 Å². The van der Waals surface area contributed by atoms with Crippen LogP contribution in [0.3, 0.4) is 0 Å². The average Bonchev–Trinajstić information content (AvgIpc) is 2.56. The van der Waals surface area contributed by atoms with Crippen molar-refractivity contribution >= 4 is 21.8 Å². The SMILES string of the molecule is O=S(=O)(NC1CCCCCC1Cl)N1CCOCC1. The number of hydrogen-bond acceptors (Lipinski definition) is 3. The van der Waals surface area contributed by atoms with Crippen LogP contribution in [0.15, 0.2) is 0 Å². The van der Waals surface area contributed by atoms with Gasteiger partial charge >= 0.3 is 0 Å². The zero-order valence-electron chi connectivity index (χ0n) is 10.5. The molecule has 7 heteroatoms. The standard InChI is InChI=1S/C11H21ClN2O3S/c12-10-4-2-1-3-5-11(10)13-18(15,16)14-6-8-17-9-7-14/h10-11,13H,1-9H2. The lowest BCUT2D eigenvalue weighted by Gasteiger charge is -2.29. The van der Waals surface area contributed by atoms with Crippen molar-refractivity contribution in [1.82, 2.24) is 9.03 Å². The maximum atomic E-state index is 12.2.